The highest BCUT2D eigenvalue weighted by Gasteiger charge is 2.44. The average Bonchev–Trinajstić information content (AvgIpc) is 3.03. The lowest BCUT2D eigenvalue weighted by atomic mass is 9.83. The van der Waals surface area contributed by atoms with Gasteiger partial charge in [-0.1, -0.05) is 65.7 Å². The molecule has 29 heavy (non-hydrogen) atoms. The molecule has 2 aromatic carbocycles. The van der Waals surface area contributed by atoms with Gasteiger partial charge in [-0.25, -0.2) is 4.98 Å². The van der Waals surface area contributed by atoms with Crippen LogP contribution >= 0.6 is 35.4 Å². The third-order valence-electron chi connectivity index (χ3n) is 5.08. The van der Waals surface area contributed by atoms with Crippen LogP contribution in [0.15, 0.2) is 66.9 Å². The summed E-state index contributed by atoms with van der Waals surface area (Å²) >= 11 is 17.7. The van der Waals surface area contributed by atoms with Crippen LogP contribution in [-0.2, 0) is 12.1 Å². The van der Waals surface area contributed by atoms with E-state index >= 15 is 0 Å². The third-order valence-corrected chi connectivity index (χ3v) is 5.76. The number of benzene rings is 2. The van der Waals surface area contributed by atoms with Gasteiger partial charge in [-0.3, -0.25) is 0 Å². The van der Waals surface area contributed by atoms with Crippen LogP contribution in [0, 0.1) is 0 Å². The summed E-state index contributed by atoms with van der Waals surface area (Å²) in [5.41, 5.74) is 2.46. The zero-order valence-electron chi connectivity index (χ0n) is 15.7. The number of pyridine rings is 1. The fourth-order valence-electron chi connectivity index (χ4n) is 3.54. The molecule has 0 bridgehead atoms. The predicted octanol–water partition coefficient (Wildman–Crippen LogP) is 5.40. The molecule has 1 fully saturated rings. The number of nitrogens with one attached hydrogen (secondary N) is 2. The van der Waals surface area contributed by atoms with E-state index in [0.29, 0.717) is 27.6 Å². The Hall–Kier alpha value is -2.34. The largest absolute Gasteiger partial charge is 0.488 e. The quantitative estimate of drug-likeness (QED) is 0.408. The summed E-state index contributed by atoms with van der Waals surface area (Å²) in [6.45, 7) is 2.52. The Bertz CT molecular complexity index is 1030. The van der Waals surface area contributed by atoms with Crippen molar-refractivity contribution in [1.29, 1.82) is 0 Å². The maximum atomic E-state index is 6.27. The van der Waals surface area contributed by atoms with Crippen molar-refractivity contribution in [3.8, 4) is 5.75 Å². The summed E-state index contributed by atoms with van der Waals surface area (Å²) in [6.07, 6.45) is 1.76. The molecule has 4 rings (SSSR count). The lowest BCUT2D eigenvalue weighted by Crippen LogP contribution is -2.39. The van der Waals surface area contributed by atoms with Crippen LogP contribution in [0.25, 0.3) is 0 Å². The summed E-state index contributed by atoms with van der Waals surface area (Å²) < 4.78 is 6.17. The zero-order chi connectivity index (χ0) is 20.4. The number of nitrogens with zero attached hydrogens (tertiary/aromatic N) is 1. The predicted molar refractivity (Wildman–Crippen MR) is 120 cm³/mol. The highest BCUT2D eigenvalue weighted by molar-refractivity contribution is 7.80. The maximum Gasteiger partial charge on any atom is 0.167 e. The van der Waals surface area contributed by atoms with E-state index in [1.54, 1.807) is 12.3 Å². The van der Waals surface area contributed by atoms with Gasteiger partial charge in [-0.05, 0) is 48.5 Å². The molecule has 0 radical (unpaired) electrons. The minimum atomic E-state index is -0.534. The van der Waals surface area contributed by atoms with E-state index in [0.717, 1.165) is 16.7 Å². The fraction of sp³-hybridized carbons (Fsp3) is 0.182. The first-order valence-corrected chi connectivity index (χ1v) is 10.3. The molecule has 2 heterocycles. The molecule has 7 heteroatoms. The van der Waals surface area contributed by atoms with Gasteiger partial charge in [-0.2, -0.15) is 0 Å². The van der Waals surface area contributed by atoms with Gasteiger partial charge in [0, 0.05) is 16.8 Å². The molecule has 1 aromatic heterocycles. The Morgan fingerprint density at radius 3 is 2.62 bits per heavy atom. The van der Waals surface area contributed by atoms with E-state index in [9.17, 15) is 0 Å². The van der Waals surface area contributed by atoms with E-state index in [1.165, 1.54) is 0 Å². The van der Waals surface area contributed by atoms with Crippen LogP contribution in [0.3, 0.4) is 0 Å². The molecule has 3 aromatic rings. The van der Waals surface area contributed by atoms with Crippen LogP contribution in [0.4, 0.5) is 0 Å². The smallest absolute Gasteiger partial charge is 0.167 e. The summed E-state index contributed by atoms with van der Waals surface area (Å²) in [5, 5.41) is 8.37. The lowest BCUT2D eigenvalue weighted by molar-refractivity contribution is 0.291. The molecule has 1 aliphatic rings. The number of thiocarbonyl (C=S) groups is 1. The molecule has 2 N–H and O–H groups in total. The second-order valence-electron chi connectivity index (χ2n) is 7.06. The average molecular weight is 444 g/mol. The number of rotatable bonds is 5. The number of halogens is 2. The highest BCUT2D eigenvalue weighted by Crippen LogP contribution is 2.42. The summed E-state index contributed by atoms with van der Waals surface area (Å²) in [5.74, 6) is 0.707. The van der Waals surface area contributed by atoms with Crippen LogP contribution in [-0.4, -0.2) is 10.1 Å². The van der Waals surface area contributed by atoms with Gasteiger partial charge in [0.25, 0.3) is 0 Å². The fourth-order valence-corrected chi connectivity index (χ4v) is 4.14. The SMILES string of the molecule is CC1(c2ccc(Cl)nc2)NC(=S)NC1c1ccc(Cl)cc1OCc1ccccc1. The van der Waals surface area contributed by atoms with Gasteiger partial charge in [0.1, 0.15) is 17.5 Å². The molecule has 0 aliphatic carbocycles. The van der Waals surface area contributed by atoms with E-state index in [1.807, 2.05) is 54.6 Å². The minimum Gasteiger partial charge on any atom is -0.488 e. The Morgan fingerprint density at radius 1 is 1.10 bits per heavy atom. The summed E-state index contributed by atoms with van der Waals surface area (Å²) in [7, 11) is 0. The van der Waals surface area contributed by atoms with Crippen LogP contribution < -0.4 is 15.4 Å². The summed E-state index contributed by atoms with van der Waals surface area (Å²) in [4.78, 5) is 4.24. The minimum absolute atomic E-state index is 0.180. The van der Waals surface area contributed by atoms with Crippen molar-refractivity contribution in [3.63, 3.8) is 0 Å². The Labute approximate surface area is 185 Å². The third kappa shape index (κ3) is 4.17. The molecular formula is C22H19Cl2N3OS. The number of ether oxygens (including phenoxy) is 1. The van der Waals surface area contributed by atoms with Crippen LogP contribution in [0.2, 0.25) is 10.2 Å². The highest BCUT2D eigenvalue weighted by atomic mass is 35.5. The molecule has 0 saturated carbocycles. The molecule has 2 atom stereocenters. The molecule has 1 aliphatic heterocycles. The molecular weight excluding hydrogens is 425 g/mol. The standard InChI is InChI=1S/C22H19Cl2N3OS/c1-22(15-7-10-19(24)25-12-15)20(26-21(29)27-22)17-9-8-16(23)11-18(17)28-13-14-5-3-2-4-6-14/h2-12,20H,13H2,1H3,(H2,26,27,29). The molecule has 1 saturated heterocycles. The number of hydrogen-bond acceptors (Lipinski definition) is 3. The Kier molecular flexibility index (Phi) is 5.63. The monoisotopic (exact) mass is 443 g/mol. The van der Waals surface area contributed by atoms with Gasteiger partial charge >= 0.3 is 0 Å². The number of aromatic nitrogens is 1. The van der Waals surface area contributed by atoms with Crippen LogP contribution in [0.5, 0.6) is 5.75 Å². The molecule has 0 amide bonds. The van der Waals surface area contributed by atoms with E-state index in [-0.39, 0.29) is 6.04 Å². The normalized spacial score (nSPS) is 20.8. The van der Waals surface area contributed by atoms with Crippen molar-refractivity contribution in [2.24, 2.45) is 0 Å². The molecule has 2 unspecified atom stereocenters. The zero-order valence-corrected chi connectivity index (χ0v) is 18.0. The lowest BCUT2D eigenvalue weighted by Gasteiger charge is -2.32. The van der Waals surface area contributed by atoms with Crippen molar-refractivity contribution in [2.45, 2.75) is 25.1 Å². The van der Waals surface area contributed by atoms with Gasteiger partial charge in [0.15, 0.2) is 5.11 Å². The summed E-state index contributed by atoms with van der Waals surface area (Å²) in [6, 6.07) is 19.2. The van der Waals surface area contributed by atoms with Crippen molar-refractivity contribution >= 4 is 40.5 Å². The van der Waals surface area contributed by atoms with Gasteiger partial charge in [0.2, 0.25) is 0 Å². The van der Waals surface area contributed by atoms with E-state index in [4.69, 9.17) is 40.2 Å². The van der Waals surface area contributed by atoms with Crippen LogP contribution in [0.1, 0.15) is 29.7 Å². The first kappa shape index (κ1) is 20.0. The second kappa shape index (κ2) is 8.19. The molecule has 148 valence electrons. The van der Waals surface area contributed by atoms with Gasteiger partial charge in [0.05, 0.1) is 11.6 Å². The van der Waals surface area contributed by atoms with E-state index in [2.05, 4.69) is 22.5 Å². The van der Waals surface area contributed by atoms with E-state index < -0.39 is 5.54 Å². The first-order chi connectivity index (χ1) is 14.0. The molecule has 0 spiro atoms. The Morgan fingerprint density at radius 2 is 1.90 bits per heavy atom. The maximum absolute atomic E-state index is 6.27. The molecule has 4 nitrogen and oxygen atoms in total. The Balaban J connectivity index is 1.70. The van der Waals surface area contributed by atoms with Crippen molar-refractivity contribution in [3.05, 3.63) is 93.7 Å². The number of hydrogen-bond donors (Lipinski definition) is 2. The van der Waals surface area contributed by atoms with Crippen molar-refractivity contribution < 1.29 is 4.74 Å². The van der Waals surface area contributed by atoms with Crippen molar-refractivity contribution in [2.75, 3.05) is 0 Å². The second-order valence-corrected chi connectivity index (χ2v) is 8.29. The van der Waals surface area contributed by atoms with Gasteiger partial charge in [-0.15, -0.1) is 0 Å². The van der Waals surface area contributed by atoms with Crippen molar-refractivity contribution in [1.82, 2.24) is 15.6 Å². The van der Waals surface area contributed by atoms with Gasteiger partial charge < -0.3 is 15.4 Å². The topological polar surface area (TPSA) is 46.2 Å². The first-order valence-electron chi connectivity index (χ1n) is 9.12.